The minimum absolute atomic E-state index is 0.0358. The maximum atomic E-state index is 13.2. The number of hydrogen-bond donors (Lipinski definition) is 2. The van der Waals surface area contributed by atoms with Gasteiger partial charge in [0.2, 0.25) is 5.91 Å². The first-order valence-electron chi connectivity index (χ1n) is 12.7. The van der Waals surface area contributed by atoms with E-state index in [1.165, 1.54) is 0 Å². The Kier molecular flexibility index (Phi) is 8.91. The predicted octanol–water partition coefficient (Wildman–Crippen LogP) is 2.92. The summed E-state index contributed by atoms with van der Waals surface area (Å²) < 4.78 is 5.31. The zero-order valence-corrected chi connectivity index (χ0v) is 22.6. The van der Waals surface area contributed by atoms with Crippen molar-refractivity contribution in [1.82, 2.24) is 20.1 Å². The lowest BCUT2D eigenvalue weighted by Gasteiger charge is -2.33. The Balaban J connectivity index is 1.40. The number of methoxy groups -OCH3 is 1. The summed E-state index contributed by atoms with van der Waals surface area (Å²) in [7, 11) is 1.64. The number of β-amino-alcohol motifs (C(OH)–C–C–N with tert-alkyl or cyclic N) is 1. The number of carbonyl (C=O) groups excluding carboxylic acids is 2. The molecule has 2 aromatic rings. The van der Waals surface area contributed by atoms with E-state index in [2.05, 4.69) is 16.9 Å². The number of allylic oxidation sites excluding steroid dienone is 1. The Morgan fingerprint density at radius 3 is 2.76 bits per heavy atom. The monoisotopic (exact) mass is 524 g/mol. The summed E-state index contributed by atoms with van der Waals surface area (Å²) in [5.74, 6) is -0.151. The van der Waals surface area contributed by atoms with Crippen molar-refractivity contribution in [1.29, 1.82) is 0 Å². The first-order chi connectivity index (χ1) is 17.8. The van der Waals surface area contributed by atoms with Crippen LogP contribution in [-0.2, 0) is 20.9 Å². The summed E-state index contributed by atoms with van der Waals surface area (Å²) in [6, 6.07) is 7.52. The number of benzene rings is 1. The van der Waals surface area contributed by atoms with Crippen molar-refractivity contribution in [3.8, 4) is 10.4 Å². The highest BCUT2D eigenvalue weighted by molar-refractivity contribution is 7.13. The molecule has 4 rings (SSSR count). The number of aliphatic hydroxyl groups excluding tert-OH is 1. The molecule has 1 aromatic heterocycles. The minimum atomic E-state index is -0.587. The summed E-state index contributed by atoms with van der Waals surface area (Å²) in [6.45, 7) is 10.1. The molecule has 8 nitrogen and oxygen atoms in total. The summed E-state index contributed by atoms with van der Waals surface area (Å²) in [4.78, 5) is 35.5. The third-order valence-electron chi connectivity index (χ3n) is 7.18. The van der Waals surface area contributed by atoms with Gasteiger partial charge in [-0.25, -0.2) is 4.98 Å². The maximum Gasteiger partial charge on any atom is 0.254 e. The van der Waals surface area contributed by atoms with Crippen molar-refractivity contribution < 1.29 is 19.4 Å². The Morgan fingerprint density at radius 1 is 1.38 bits per heavy atom. The van der Waals surface area contributed by atoms with Crippen molar-refractivity contribution in [3.05, 3.63) is 64.8 Å². The van der Waals surface area contributed by atoms with E-state index >= 15 is 0 Å². The highest BCUT2D eigenvalue weighted by Crippen LogP contribution is 2.29. The molecule has 2 fully saturated rings. The molecule has 9 heteroatoms. The standard InChI is InChI=1S/C28H36N4O4S/c1-5-24-18(2)14-32(28(24)35)22(10-11-36-4)15-31-16-23(33)12-25(31)27(34)29-13-20-6-8-21(9-7-20)26-19(3)30-17-37-26/h5-9,17,22-23,25,33H,2,10-16H2,1,3-4H3,(H,29,34). The van der Waals surface area contributed by atoms with E-state index in [1.807, 2.05) is 53.4 Å². The number of nitrogens with zero attached hydrogens (tertiary/aromatic N) is 3. The second-order valence-corrected chi connectivity index (χ2v) is 10.6. The van der Waals surface area contributed by atoms with Crippen molar-refractivity contribution in [2.45, 2.75) is 51.4 Å². The highest BCUT2D eigenvalue weighted by atomic mass is 32.1. The van der Waals surface area contributed by atoms with Crippen LogP contribution in [0, 0.1) is 6.92 Å². The smallest absolute Gasteiger partial charge is 0.254 e. The second-order valence-electron chi connectivity index (χ2n) is 9.72. The van der Waals surface area contributed by atoms with Gasteiger partial charge in [0.25, 0.3) is 5.91 Å². The number of rotatable bonds is 10. The fourth-order valence-corrected chi connectivity index (χ4v) is 5.99. The highest BCUT2D eigenvalue weighted by Gasteiger charge is 2.40. The van der Waals surface area contributed by atoms with Gasteiger partial charge in [0.1, 0.15) is 0 Å². The van der Waals surface area contributed by atoms with Gasteiger partial charge in [0.15, 0.2) is 0 Å². The third-order valence-corrected chi connectivity index (χ3v) is 8.15. The predicted molar refractivity (Wildman–Crippen MR) is 145 cm³/mol. The molecule has 0 bridgehead atoms. The molecule has 2 aliphatic rings. The Labute approximate surface area is 222 Å². The lowest BCUT2D eigenvalue weighted by atomic mass is 10.1. The van der Waals surface area contributed by atoms with Crippen LogP contribution in [0.1, 0.15) is 31.0 Å². The minimum Gasteiger partial charge on any atom is -0.392 e. The Bertz CT molecular complexity index is 1160. The fourth-order valence-electron chi connectivity index (χ4n) is 5.18. The first-order valence-corrected chi connectivity index (χ1v) is 13.5. The largest absolute Gasteiger partial charge is 0.392 e. The van der Waals surface area contributed by atoms with Crippen LogP contribution in [0.5, 0.6) is 0 Å². The lowest BCUT2D eigenvalue weighted by molar-refractivity contribution is -0.128. The molecule has 3 atom stereocenters. The topological polar surface area (TPSA) is 95.0 Å². The molecule has 2 aliphatic heterocycles. The van der Waals surface area contributed by atoms with E-state index < -0.39 is 12.1 Å². The van der Waals surface area contributed by atoms with Gasteiger partial charge in [0, 0.05) is 51.5 Å². The second kappa shape index (κ2) is 12.1. The van der Waals surface area contributed by atoms with E-state index in [4.69, 9.17) is 4.74 Å². The van der Waals surface area contributed by atoms with Crippen molar-refractivity contribution in [2.75, 3.05) is 33.4 Å². The van der Waals surface area contributed by atoms with Crippen molar-refractivity contribution in [3.63, 3.8) is 0 Å². The summed E-state index contributed by atoms with van der Waals surface area (Å²) >= 11 is 1.61. The number of hydrogen-bond acceptors (Lipinski definition) is 7. The van der Waals surface area contributed by atoms with E-state index in [1.54, 1.807) is 24.5 Å². The normalized spacial score (nSPS) is 22.3. The van der Waals surface area contributed by atoms with Crippen LogP contribution in [0.25, 0.3) is 10.4 Å². The number of carbonyl (C=O) groups is 2. The van der Waals surface area contributed by atoms with Crippen molar-refractivity contribution >= 4 is 23.2 Å². The SMILES string of the molecule is C=C1CN(C(CCOC)CN2CC(O)CC2C(=O)NCc2ccc(-c3scnc3C)cc2)C(=O)C1=CC. The molecule has 0 saturated carbocycles. The van der Waals surface area contributed by atoms with Crippen LogP contribution in [0.4, 0.5) is 0 Å². The maximum absolute atomic E-state index is 13.2. The molecule has 0 aliphatic carbocycles. The number of aryl methyl sites for hydroxylation is 1. The third kappa shape index (κ3) is 6.18. The van der Waals surface area contributed by atoms with Crippen LogP contribution in [0.15, 0.2) is 53.6 Å². The van der Waals surface area contributed by atoms with E-state index in [-0.39, 0.29) is 17.9 Å². The Morgan fingerprint density at radius 2 is 2.14 bits per heavy atom. The van der Waals surface area contributed by atoms with E-state index in [9.17, 15) is 14.7 Å². The molecule has 1 aromatic carbocycles. The number of likely N-dealkylation sites (tertiary alicyclic amines) is 2. The van der Waals surface area contributed by atoms with Gasteiger partial charge < -0.3 is 20.1 Å². The summed E-state index contributed by atoms with van der Waals surface area (Å²) in [6.07, 6.45) is 2.22. The lowest BCUT2D eigenvalue weighted by Crippen LogP contribution is -2.50. The molecule has 2 saturated heterocycles. The molecule has 198 valence electrons. The van der Waals surface area contributed by atoms with Crippen molar-refractivity contribution in [2.24, 2.45) is 0 Å². The van der Waals surface area contributed by atoms with E-state index in [0.29, 0.717) is 51.2 Å². The van der Waals surface area contributed by atoms with Gasteiger partial charge in [-0.2, -0.15) is 0 Å². The van der Waals surface area contributed by atoms with Crippen LogP contribution in [-0.4, -0.2) is 83.2 Å². The quantitative estimate of drug-likeness (QED) is 0.464. The van der Waals surface area contributed by atoms with Gasteiger partial charge >= 0.3 is 0 Å². The van der Waals surface area contributed by atoms with Gasteiger partial charge in [-0.05, 0) is 43.4 Å². The number of aliphatic hydroxyl groups is 1. The number of aromatic nitrogens is 1. The number of thiazole rings is 1. The molecular formula is C28H36N4O4S. The van der Waals surface area contributed by atoms with E-state index in [0.717, 1.165) is 27.3 Å². The van der Waals surface area contributed by atoms with Crippen LogP contribution >= 0.6 is 11.3 Å². The van der Waals surface area contributed by atoms with Crippen LogP contribution < -0.4 is 5.32 Å². The molecule has 3 heterocycles. The molecule has 0 spiro atoms. The number of amides is 2. The summed E-state index contributed by atoms with van der Waals surface area (Å²) in [5, 5.41) is 13.5. The van der Waals surface area contributed by atoms with Gasteiger partial charge in [-0.15, -0.1) is 11.3 Å². The average molecular weight is 525 g/mol. The number of nitrogens with one attached hydrogen (secondary N) is 1. The van der Waals surface area contributed by atoms with Crippen LogP contribution in [0.3, 0.4) is 0 Å². The molecule has 0 radical (unpaired) electrons. The Hall–Kier alpha value is -2.85. The molecule has 3 unspecified atom stereocenters. The van der Waals surface area contributed by atoms with Crippen LogP contribution in [0.2, 0.25) is 0 Å². The van der Waals surface area contributed by atoms with Gasteiger partial charge in [0.05, 0.1) is 28.2 Å². The zero-order chi connectivity index (χ0) is 26.5. The first kappa shape index (κ1) is 27.2. The molecule has 2 N–H and O–H groups in total. The zero-order valence-electron chi connectivity index (χ0n) is 21.8. The number of ether oxygens (including phenoxy) is 1. The fraction of sp³-hybridized carbons (Fsp3) is 0.464. The molecular weight excluding hydrogens is 488 g/mol. The summed E-state index contributed by atoms with van der Waals surface area (Å²) in [5.41, 5.74) is 6.42. The molecule has 2 amide bonds. The van der Waals surface area contributed by atoms with Gasteiger partial charge in [-0.1, -0.05) is 36.9 Å². The van der Waals surface area contributed by atoms with Gasteiger partial charge in [-0.3, -0.25) is 14.5 Å². The average Bonchev–Trinajstić information content (AvgIpc) is 3.56. The molecule has 37 heavy (non-hydrogen) atoms.